The third-order valence-electron chi connectivity index (χ3n) is 4.15. The van der Waals surface area contributed by atoms with E-state index >= 15 is 0 Å². The van der Waals surface area contributed by atoms with Crippen LogP contribution in [0, 0.1) is 11.3 Å². The number of alkyl halides is 6. The van der Waals surface area contributed by atoms with Crippen LogP contribution in [0.15, 0.2) is 34.9 Å². The summed E-state index contributed by atoms with van der Waals surface area (Å²) in [4.78, 5) is 12.4. The summed E-state index contributed by atoms with van der Waals surface area (Å²) in [5.41, 5.74) is 0.0705. The van der Waals surface area contributed by atoms with Crippen molar-refractivity contribution in [2.45, 2.75) is 32.1 Å². The van der Waals surface area contributed by atoms with Crippen molar-refractivity contribution in [2.75, 3.05) is 6.61 Å². The van der Waals surface area contributed by atoms with Crippen molar-refractivity contribution in [3.8, 4) is 6.07 Å². The molecular weight excluding hydrogens is 442 g/mol. The van der Waals surface area contributed by atoms with Gasteiger partial charge in [-0.1, -0.05) is 11.6 Å². The van der Waals surface area contributed by atoms with Crippen LogP contribution in [0.3, 0.4) is 0 Å². The van der Waals surface area contributed by atoms with Crippen LogP contribution in [0.25, 0.3) is 0 Å². The summed E-state index contributed by atoms with van der Waals surface area (Å²) in [6, 6.07) is 1.68. The molecule has 1 aliphatic rings. The Morgan fingerprint density at radius 3 is 2.33 bits per heavy atom. The molecule has 0 aromatic heterocycles. The summed E-state index contributed by atoms with van der Waals surface area (Å²) in [5, 5.41) is 8.47. The Hall–Kier alpha value is -2.87. The number of carbonyl (C=O) groups excluding carboxylic acids is 1. The van der Waals surface area contributed by atoms with Crippen LogP contribution in [0.5, 0.6) is 0 Å². The molecule has 0 bridgehead atoms. The minimum atomic E-state index is -5.30. The highest BCUT2D eigenvalue weighted by Gasteiger charge is 2.45. The molecule has 12 heteroatoms. The predicted molar refractivity (Wildman–Crippen MR) is 91.4 cm³/mol. The van der Waals surface area contributed by atoms with Crippen LogP contribution in [0.4, 0.5) is 26.3 Å². The number of hydrogen-bond donors (Lipinski definition) is 1. The van der Waals surface area contributed by atoms with Gasteiger partial charge in [0, 0.05) is 5.02 Å². The molecule has 0 fully saturated rings. The number of benzene rings is 1. The third kappa shape index (κ3) is 4.33. The normalized spacial score (nSPS) is 17.5. The van der Waals surface area contributed by atoms with Crippen molar-refractivity contribution < 1.29 is 40.6 Å². The van der Waals surface area contributed by atoms with Gasteiger partial charge in [0.1, 0.15) is 17.4 Å². The number of nitrogens with zero attached hydrogens (tertiary/aromatic N) is 1. The van der Waals surface area contributed by atoms with E-state index in [1.54, 1.807) is 0 Å². The first-order valence-corrected chi connectivity index (χ1v) is 8.55. The molecule has 5 nitrogen and oxygen atoms in total. The van der Waals surface area contributed by atoms with E-state index in [1.807, 2.05) is 0 Å². The number of nitriles is 1. The van der Waals surface area contributed by atoms with Gasteiger partial charge in [0.2, 0.25) is 5.88 Å². The molecule has 0 spiro atoms. The lowest BCUT2D eigenvalue weighted by Crippen LogP contribution is -2.28. The lowest BCUT2D eigenvalue weighted by Gasteiger charge is -2.29. The lowest BCUT2D eigenvalue weighted by atomic mass is 9.80. The lowest BCUT2D eigenvalue weighted by molar-refractivity contribution is -0.144. The molecule has 0 aliphatic carbocycles. The smallest absolute Gasteiger partial charge is 0.416 e. The zero-order chi connectivity index (χ0) is 23.0. The standard InChI is InChI=1S/C18H13ClF6N2O3/c1-3-29-16(28)12-7(2)30-15(27)9(6-26)13(12)14-10(18(23,24)25)4-8(5-11(14)19)17(20,21)22/h4-5,13H,3,27H2,1-2H3. The van der Waals surface area contributed by atoms with Crippen molar-refractivity contribution in [3.63, 3.8) is 0 Å². The highest BCUT2D eigenvalue weighted by Crippen LogP contribution is 2.49. The number of rotatable bonds is 3. The SMILES string of the molecule is CCOC(=O)C1=C(C)OC(N)=C(C#N)C1c1c(Cl)cc(C(F)(F)F)cc1C(F)(F)F. The van der Waals surface area contributed by atoms with E-state index in [0.717, 1.165) is 0 Å². The Bertz CT molecular complexity index is 989. The summed E-state index contributed by atoms with van der Waals surface area (Å²) in [6.45, 7) is 2.44. The minimum absolute atomic E-state index is 0.139. The molecule has 2 rings (SSSR count). The fourth-order valence-electron chi connectivity index (χ4n) is 2.95. The van der Waals surface area contributed by atoms with Gasteiger partial charge >= 0.3 is 18.3 Å². The van der Waals surface area contributed by atoms with Crippen molar-refractivity contribution in [1.82, 2.24) is 0 Å². The van der Waals surface area contributed by atoms with Crippen molar-refractivity contribution in [3.05, 3.63) is 56.6 Å². The molecule has 162 valence electrons. The molecule has 1 heterocycles. The molecule has 1 atom stereocenters. The number of carbonyl (C=O) groups is 1. The number of allylic oxidation sites excluding steroid dienone is 2. The summed E-state index contributed by atoms with van der Waals surface area (Å²) >= 11 is 5.86. The van der Waals surface area contributed by atoms with E-state index in [4.69, 9.17) is 26.8 Å². The molecule has 0 amide bonds. The zero-order valence-electron chi connectivity index (χ0n) is 15.3. The maximum absolute atomic E-state index is 13.7. The topological polar surface area (TPSA) is 85.3 Å². The van der Waals surface area contributed by atoms with Crippen molar-refractivity contribution >= 4 is 17.6 Å². The first-order valence-electron chi connectivity index (χ1n) is 8.17. The molecular formula is C18H13ClF6N2O3. The van der Waals surface area contributed by atoms with Crippen LogP contribution in [-0.2, 0) is 26.6 Å². The molecule has 1 unspecified atom stereocenters. The number of nitrogens with two attached hydrogens (primary N) is 1. The van der Waals surface area contributed by atoms with E-state index in [9.17, 15) is 36.4 Å². The van der Waals surface area contributed by atoms with Crippen LogP contribution in [0.1, 0.15) is 36.5 Å². The maximum Gasteiger partial charge on any atom is 0.416 e. The van der Waals surface area contributed by atoms with Gasteiger partial charge in [-0.2, -0.15) is 31.6 Å². The molecule has 0 saturated heterocycles. The quantitative estimate of drug-likeness (QED) is 0.512. The average Bonchev–Trinajstić information content (AvgIpc) is 2.59. The Kier molecular flexibility index (Phi) is 6.32. The first kappa shape index (κ1) is 23.4. The van der Waals surface area contributed by atoms with Crippen molar-refractivity contribution in [1.29, 1.82) is 5.26 Å². The van der Waals surface area contributed by atoms with E-state index in [1.165, 1.54) is 19.9 Å². The van der Waals surface area contributed by atoms with Crippen LogP contribution >= 0.6 is 11.6 Å². The Morgan fingerprint density at radius 1 is 1.27 bits per heavy atom. The monoisotopic (exact) mass is 454 g/mol. The molecule has 1 aromatic carbocycles. The van der Waals surface area contributed by atoms with E-state index in [0.29, 0.717) is 0 Å². The molecule has 30 heavy (non-hydrogen) atoms. The number of hydrogen-bond acceptors (Lipinski definition) is 5. The Morgan fingerprint density at radius 2 is 1.87 bits per heavy atom. The minimum Gasteiger partial charge on any atom is -0.463 e. The van der Waals surface area contributed by atoms with E-state index < -0.39 is 63.0 Å². The van der Waals surface area contributed by atoms with Gasteiger partial charge in [0.15, 0.2) is 0 Å². The molecule has 0 radical (unpaired) electrons. The van der Waals surface area contributed by atoms with Crippen LogP contribution in [-0.4, -0.2) is 12.6 Å². The molecule has 1 aromatic rings. The average molecular weight is 455 g/mol. The number of halogens is 7. The van der Waals surface area contributed by atoms with Gasteiger partial charge < -0.3 is 15.2 Å². The predicted octanol–water partition coefficient (Wildman–Crippen LogP) is 5.02. The van der Waals surface area contributed by atoms with Gasteiger partial charge in [-0.3, -0.25) is 0 Å². The number of ether oxygens (including phenoxy) is 2. The molecule has 2 N–H and O–H groups in total. The third-order valence-corrected chi connectivity index (χ3v) is 4.46. The van der Waals surface area contributed by atoms with E-state index in [2.05, 4.69) is 0 Å². The first-order chi connectivity index (χ1) is 13.7. The summed E-state index contributed by atoms with van der Waals surface area (Å²) in [5.74, 6) is -3.88. The Balaban J connectivity index is 2.94. The van der Waals surface area contributed by atoms with Gasteiger partial charge in [-0.05, 0) is 31.5 Å². The summed E-state index contributed by atoms with van der Waals surface area (Å²) in [6.07, 6.45) is -10.4. The second-order valence-corrected chi connectivity index (χ2v) is 6.44. The second-order valence-electron chi connectivity index (χ2n) is 6.03. The largest absolute Gasteiger partial charge is 0.463 e. The fraction of sp³-hybridized carbons (Fsp3) is 0.333. The highest BCUT2D eigenvalue weighted by molar-refractivity contribution is 6.31. The van der Waals surface area contributed by atoms with Gasteiger partial charge in [-0.25, -0.2) is 4.79 Å². The van der Waals surface area contributed by atoms with Gasteiger partial charge in [0.25, 0.3) is 0 Å². The number of esters is 1. The van der Waals surface area contributed by atoms with Gasteiger partial charge in [0.05, 0.1) is 29.2 Å². The van der Waals surface area contributed by atoms with Crippen LogP contribution in [0.2, 0.25) is 5.02 Å². The highest BCUT2D eigenvalue weighted by atomic mass is 35.5. The van der Waals surface area contributed by atoms with Gasteiger partial charge in [-0.15, -0.1) is 0 Å². The van der Waals surface area contributed by atoms with E-state index in [-0.39, 0.29) is 24.5 Å². The Labute approximate surface area is 171 Å². The summed E-state index contributed by atoms with van der Waals surface area (Å²) in [7, 11) is 0. The maximum atomic E-state index is 13.7. The zero-order valence-corrected chi connectivity index (χ0v) is 16.1. The molecule has 0 saturated carbocycles. The van der Waals surface area contributed by atoms with Crippen molar-refractivity contribution in [2.24, 2.45) is 5.73 Å². The molecule has 1 aliphatic heterocycles. The summed E-state index contributed by atoms with van der Waals surface area (Å²) < 4.78 is 90.3. The van der Waals surface area contributed by atoms with Crippen LogP contribution < -0.4 is 5.73 Å². The fourth-order valence-corrected chi connectivity index (χ4v) is 3.28. The second kappa shape index (κ2) is 8.10.